The smallest absolute Gasteiger partial charge is 0.210 e. The lowest BCUT2D eigenvalue weighted by Crippen LogP contribution is -2.27. The summed E-state index contributed by atoms with van der Waals surface area (Å²) in [6.07, 6.45) is 0.160. The molecule has 4 N–H and O–H groups in total. The fourth-order valence-corrected chi connectivity index (χ4v) is 2.83. The highest BCUT2D eigenvalue weighted by molar-refractivity contribution is 9.10. The number of hydrogen-bond donors (Lipinski definition) is 3. The second kappa shape index (κ2) is 8.47. The van der Waals surface area contributed by atoms with Crippen molar-refractivity contribution < 1.29 is 22.6 Å². The van der Waals surface area contributed by atoms with E-state index in [1.807, 2.05) is 0 Å². The van der Waals surface area contributed by atoms with Gasteiger partial charge >= 0.3 is 0 Å². The Hall–Kier alpha value is -1.89. The third-order valence-corrected chi connectivity index (χ3v) is 4.54. The molecule has 0 aliphatic rings. The Bertz CT molecular complexity index is 871. The Morgan fingerprint density at radius 2 is 2.20 bits per heavy atom. The van der Waals surface area contributed by atoms with Gasteiger partial charge in [-0.05, 0) is 38.8 Å². The van der Waals surface area contributed by atoms with Crippen molar-refractivity contribution in [1.29, 1.82) is 0 Å². The molecular weight excluding hydrogens is 421 g/mol. The molecule has 1 aromatic heterocycles. The topological polar surface area (TPSA) is 144 Å². The Morgan fingerprint density at radius 1 is 1.44 bits per heavy atom. The molecule has 0 aliphatic heterocycles. The lowest BCUT2D eigenvalue weighted by atomic mass is 10.1. The van der Waals surface area contributed by atoms with Crippen molar-refractivity contribution in [2.45, 2.75) is 13.0 Å². The monoisotopic (exact) mass is 435 g/mol. The average Bonchev–Trinajstić information content (AvgIpc) is 3.00. The lowest BCUT2D eigenvalue weighted by molar-refractivity contribution is 0.300. The van der Waals surface area contributed by atoms with Gasteiger partial charge in [0.2, 0.25) is 10.0 Å². The lowest BCUT2D eigenvalue weighted by Gasteiger charge is -2.05. The molecule has 1 heterocycles. The molecule has 25 heavy (non-hydrogen) atoms. The molecule has 0 spiro atoms. The minimum Gasteiger partial charge on any atom is -0.411 e. The van der Waals surface area contributed by atoms with Crippen LogP contribution in [-0.4, -0.2) is 41.9 Å². The molecule has 12 heteroatoms. The van der Waals surface area contributed by atoms with Gasteiger partial charge in [-0.25, -0.2) is 22.6 Å². The van der Waals surface area contributed by atoms with E-state index in [0.717, 1.165) is 0 Å². The number of nitrogens with zero attached hydrogens (tertiary/aromatic N) is 3. The number of hydrogen-bond acceptors (Lipinski definition) is 8. The summed E-state index contributed by atoms with van der Waals surface area (Å²) in [6.45, 7) is 0.252. The molecule has 0 saturated heterocycles. The normalized spacial score (nSPS) is 12.5. The highest BCUT2D eigenvalue weighted by Crippen LogP contribution is 2.18. The Labute approximate surface area is 151 Å². The maximum atomic E-state index is 13.3. The standard InChI is InChI=1S/C13H15BrFN5O4S/c14-9-5-8(1-2-10(9)15)6-11(18-21)13-12(19-24-20-13)7-17-3-4-25(16,22)23/h1-2,5,17,21H,3-4,6-7H2,(H2,16,22,23)/b18-11+. The second-order valence-electron chi connectivity index (χ2n) is 5.08. The number of aromatic nitrogens is 2. The van der Waals surface area contributed by atoms with Crippen molar-refractivity contribution in [3.63, 3.8) is 0 Å². The van der Waals surface area contributed by atoms with E-state index in [9.17, 15) is 18.0 Å². The van der Waals surface area contributed by atoms with Crippen molar-refractivity contribution in [1.82, 2.24) is 15.6 Å². The van der Waals surface area contributed by atoms with Gasteiger partial charge in [-0.3, -0.25) is 0 Å². The van der Waals surface area contributed by atoms with Crippen LogP contribution in [0.25, 0.3) is 0 Å². The van der Waals surface area contributed by atoms with Crippen LogP contribution < -0.4 is 10.5 Å². The van der Waals surface area contributed by atoms with Gasteiger partial charge in [-0.2, -0.15) is 0 Å². The van der Waals surface area contributed by atoms with Crippen LogP contribution in [0.3, 0.4) is 0 Å². The van der Waals surface area contributed by atoms with Crippen molar-refractivity contribution in [3.05, 3.63) is 45.4 Å². The third-order valence-electron chi connectivity index (χ3n) is 3.16. The zero-order valence-electron chi connectivity index (χ0n) is 12.8. The first-order valence-corrected chi connectivity index (χ1v) is 9.49. The summed E-state index contributed by atoms with van der Waals surface area (Å²) in [7, 11) is -3.57. The van der Waals surface area contributed by atoms with E-state index < -0.39 is 15.8 Å². The van der Waals surface area contributed by atoms with Gasteiger partial charge in [0.05, 0.1) is 10.2 Å². The molecule has 0 aliphatic carbocycles. The van der Waals surface area contributed by atoms with Crippen LogP contribution in [0.15, 0.2) is 32.5 Å². The summed E-state index contributed by atoms with van der Waals surface area (Å²) >= 11 is 3.09. The van der Waals surface area contributed by atoms with Gasteiger partial charge in [0.25, 0.3) is 0 Å². The number of nitrogens with one attached hydrogen (secondary N) is 1. The summed E-state index contributed by atoms with van der Waals surface area (Å²) in [6, 6.07) is 4.38. The molecule has 0 fully saturated rings. The van der Waals surface area contributed by atoms with E-state index in [1.54, 1.807) is 12.1 Å². The van der Waals surface area contributed by atoms with Crippen LogP contribution in [0.5, 0.6) is 0 Å². The van der Waals surface area contributed by atoms with Gasteiger partial charge in [0.1, 0.15) is 17.2 Å². The zero-order chi connectivity index (χ0) is 18.4. The first kappa shape index (κ1) is 19.4. The highest BCUT2D eigenvalue weighted by Gasteiger charge is 2.18. The molecule has 9 nitrogen and oxygen atoms in total. The maximum absolute atomic E-state index is 13.3. The molecule has 0 radical (unpaired) electrons. The van der Waals surface area contributed by atoms with E-state index in [2.05, 4.69) is 41.3 Å². The molecule has 0 bridgehead atoms. The molecule has 0 saturated carbocycles. The largest absolute Gasteiger partial charge is 0.411 e. The van der Waals surface area contributed by atoms with Gasteiger partial charge in [0.15, 0.2) is 5.69 Å². The SMILES string of the molecule is NS(=O)(=O)CCNCc1nonc1/C(Cc1ccc(F)c(Br)c1)=N/O. The first-order valence-electron chi connectivity index (χ1n) is 6.98. The number of benzene rings is 1. The number of nitrogens with two attached hydrogens (primary N) is 1. The molecule has 0 atom stereocenters. The summed E-state index contributed by atoms with van der Waals surface area (Å²) in [5, 5.41) is 27.6. The third kappa shape index (κ3) is 5.85. The van der Waals surface area contributed by atoms with Gasteiger partial charge < -0.3 is 10.5 Å². The minimum atomic E-state index is -3.57. The van der Waals surface area contributed by atoms with Gasteiger partial charge in [-0.1, -0.05) is 16.4 Å². The van der Waals surface area contributed by atoms with Crippen molar-refractivity contribution in [3.8, 4) is 0 Å². The van der Waals surface area contributed by atoms with E-state index in [4.69, 9.17) is 5.14 Å². The number of oxime groups is 1. The number of sulfonamides is 1. The molecule has 0 amide bonds. The molecule has 2 aromatic rings. The average molecular weight is 436 g/mol. The summed E-state index contributed by atoms with van der Waals surface area (Å²) in [5.74, 6) is -0.646. The van der Waals surface area contributed by atoms with Crippen LogP contribution in [0, 0.1) is 5.82 Å². The first-order chi connectivity index (χ1) is 11.8. The highest BCUT2D eigenvalue weighted by atomic mass is 79.9. The number of halogens is 2. The fourth-order valence-electron chi connectivity index (χ4n) is 1.97. The maximum Gasteiger partial charge on any atom is 0.210 e. The van der Waals surface area contributed by atoms with E-state index in [1.165, 1.54) is 6.07 Å². The summed E-state index contributed by atoms with van der Waals surface area (Å²) in [5.41, 5.74) is 1.40. The molecule has 136 valence electrons. The predicted octanol–water partition coefficient (Wildman–Crippen LogP) is 0.770. The van der Waals surface area contributed by atoms with E-state index >= 15 is 0 Å². The van der Waals surface area contributed by atoms with Gasteiger partial charge in [0, 0.05) is 19.5 Å². The Kier molecular flexibility index (Phi) is 6.58. The number of primary sulfonamides is 1. The Morgan fingerprint density at radius 3 is 2.84 bits per heavy atom. The summed E-state index contributed by atoms with van der Waals surface area (Å²) < 4.78 is 40.0. The number of rotatable bonds is 8. The molecule has 1 aromatic carbocycles. The van der Waals surface area contributed by atoms with E-state index in [-0.39, 0.29) is 41.1 Å². The van der Waals surface area contributed by atoms with E-state index in [0.29, 0.717) is 11.3 Å². The summed E-state index contributed by atoms with van der Waals surface area (Å²) in [4.78, 5) is 0. The quantitative estimate of drug-likeness (QED) is 0.240. The van der Waals surface area contributed by atoms with Crippen molar-refractivity contribution >= 4 is 31.7 Å². The van der Waals surface area contributed by atoms with Crippen LogP contribution >= 0.6 is 15.9 Å². The van der Waals surface area contributed by atoms with Crippen LogP contribution in [-0.2, 0) is 23.0 Å². The molecule has 0 unspecified atom stereocenters. The zero-order valence-corrected chi connectivity index (χ0v) is 15.2. The molecular formula is C13H15BrFN5O4S. The van der Waals surface area contributed by atoms with Gasteiger partial charge in [-0.15, -0.1) is 0 Å². The second-order valence-corrected chi connectivity index (χ2v) is 7.66. The van der Waals surface area contributed by atoms with Crippen LogP contribution in [0.2, 0.25) is 0 Å². The predicted molar refractivity (Wildman–Crippen MR) is 90.1 cm³/mol. The van der Waals surface area contributed by atoms with Crippen molar-refractivity contribution in [2.75, 3.05) is 12.3 Å². The Balaban J connectivity index is 2.06. The van der Waals surface area contributed by atoms with Crippen molar-refractivity contribution in [2.24, 2.45) is 10.3 Å². The molecule has 2 rings (SSSR count). The minimum absolute atomic E-state index is 0.113. The van der Waals surface area contributed by atoms with Crippen LogP contribution in [0.4, 0.5) is 4.39 Å². The van der Waals surface area contributed by atoms with Crippen LogP contribution in [0.1, 0.15) is 17.0 Å². The fraction of sp³-hybridized carbons (Fsp3) is 0.308.